The van der Waals surface area contributed by atoms with Crippen molar-refractivity contribution >= 4 is 45.6 Å². The molecule has 4 nitrogen and oxygen atoms in total. The molecule has 0 amide bonds. The van der Waals surface area contributed by atoms with Gasteiger partial charge in [-0.2, -0.15) is 0 Å². The Kier molecular flexibility index (Phi) is 6.50. The lowest BCUT2D eigenvalue weighted by atomic mass is 10.1. The van der Waals surface area contributed by atoms with Crippen LogP contribution in [0.4, 0.5) is 4.39 Å². The Balaban J connectivity index is 0.00000200. The molecule has 0 aliphatic carbocycles. The molecular formula is C11H14Cl3FN2O2S. The van der Waals surface area contributed by atoms with Crippen molar-refractivity contribution in [1.29, 1.82) is 0 Å². The first-order chi connectivity index (χ1) is 8.90. The molecular weight excluding hydrogens is 350 g/mol. The van der Waals surface area contributed by atoms with E-state index in [-0.39, 0.29) is 33.3 Å². The zero-order valence-corrected chi connectivity index (χ0v) is 13.5. The summed E-state index contributed by atoms with van der Waals surface area (Å²) in [6.07, 6.45) is 0.910. The Morgan fingerprint density at radius 3 is 2.45 bits per heavy atom. The highest BCUT2D eigenvalue weighted by Gasteiger charge is 2.24. The van der Waals surface area contributed by atoms with Crippen LogP contribution >= 0.6 is 35.6 Å². The van der Waals surface area contributed by atoms with Gasteiger partial charge in [-0.15, -0.1) is 12.4 Å². The summed E-state index contributed by atoms with van der Waals surface area (Å²) in [5.74, 6) is -0.429. The van der Waals surface area contributed by atoms with Crippen LogP contribution in [0.15, 0.2) is 17.0 Å². The Labute approximate surface area is 133 Å². The van der Waals surface area contributed by atoms with Gasteiger partial charge >= 0.3 is 0 Å². The van der Waals surface area contributed by atoms with Crippen molar-refractivity contribution in [2.75, 3.05) is 19.6 Å². The van der Waals surface area contributed by atoms with Crippen molar-refractivity contribution in [2.24, 2.45) is 5.92 Å². The summed E-state index contributed by atoms with van der Waals surface area (Å²) in [5.41, 5.74) is 0. The fourth-order valence-corrected chi connectivity index (χ4v) is 4.27. The fraction of sp³-hybridized carbons (Fsp3) is 0.455. The fourth-order valence-electron chi connectivity index (χ4n) is 1.97. The molecule has 0 saturated carbocycles. The smallest absolute Gasteiger partial charge is 0.243 e. The minimum absolute atomic E-state index is 0. The van der Waals surface area contributed by atoms with Crippen LogP contribution in [0.1, 0.15) is 6.42 Å². The lowest BCUT2D eigenvalue weighted by Gasteiger charge is -2.13. The molecule has 2 rings (SSSR count). The van der Waals surface area contributed by atoms with Crippen molar-refractivity contribution in [3.05, 3.63) is 28.0 Å². The van der Waals surface area contributed by atoms with Gasteiger partial charge in [0.15, 0.2) is 0 Å². The van der Waals surface area contributed by atoms with Crippen molar-refractivity contribution in [3.63, 3.8) is 0 Å². The molecule has 1 unspecified atom stereocenters. The monoisotopic (exact) mass is 362 g/mol. The maximum absolute atomic E-state index is 13.0. The second-order valence-electron chi connectivity index (χ2n) is 4.41. The second-order valence-corrected chi connectivity index (χ2v) is 6.93. The van der Waals surface area contributed by atoms with Gasteiger partial charge in [0.25, 0.3) is 0 Å². The molecule has 1 aliphatic heterocycles. The molecule has 2 N–H and O–H groups in total. The number of benzene rings is 1. The summed E-state index contributed by atoms with van der Waals surface area (Å²) in [6, 6.07) is 1.86. The average Bonchev–Trinajstić information content (AvgIpc) is 2.77. The Bertz CT molecular complexity index is 554. The number of hydrogen-bond acceptors (Lipinski definition) is 3. The summed E-state index contributed by atoms with van der Waals surface area (Å²) < 4.78 is 39.7. The van der Waals surface area contributed by atoms with Crippen LogP contribution < -0.4 is 10.0 Å². The lowest BCUT2D eigenvalue weighted by Crippen LogP contribution is -2.30. The third-order valence-electron chi connectivity index (χ3n) is 2.96. The molecule has 9 heteroatoms. The molecule has 20 heavy (non-hydrogen) atoms. The van der Waals surface area contributed by atoms with E-state index in [9.17, 15) is 12.8 Å². The zero-order chi connectivity index (χ0) is 14.0. The summed E-state index contributed by atoms with van der Waals surface area (Å²) >= 11 is 11.5. The summed E-state index contributed by atoms with van der Waals surface area (Å²) in [7, 11) is -3.83. The summed E-state index contributed by atoms with van der Waals surface area (Å²) in [5, 5.41) is 2.70. The van der Waals surface area contributed by atoms with Crippen LogP contribution in [0.2, 0.25) is 10.0 Å². The van der Waals surface area contributed by atoms with Gasteiger partial charge in [0, 0.05) is 6.54 Å². The molecule has 0 aromatic heterocycles. The first-order valence-corrected chi connectivity index (χ1v) is 7.99. The van der Waals surface area contributed by atoms with Gasteiger partial charge in [-0.1, -0.05) is 23.2 Å². The molecule has 0 bridgehead atoms. The Hall–Kier alpha value is -0.110. The van der Waals surface area contributed by atoms with Gasteiger partial charge in [-0.05, 0) is 37.6 Å². The van der Waals surface area contributed by atoms with Gasteiger partial charge in [0.05, 0.1) is 10.0 Å². The van der Waals surface area contributed by atoms with Gasteiger partial charge < -0.3 is 5.32 Å². The van der Waals surface area contributed by atoms with E-state index in [2.05, 4.69) is 10.0 Å². The molecule has 1 atom stereocenters. The third kappa shape index (κ3) is 4.19. The minimum Gasteiger partial charge on any atom is -0.316 e. The van der Waals surface area contributed by atoms with Gasteiger partial charge in [-0.3, -0.25) is 0 Å². The SMILES string of the molecule is Cl.O=S(=O)(NCC1CCNC1)c1c(Cl)cc(F)cc1Cl. The van der Waals surface area contributed by atoms with E-state index in [1.54, 1.807) is 0 Å². The lowest BCUT2D eigenvalue weighted by molar-refractivity contribution is 0.538. The van der Waals surface area contributed by atoms with Crippen molar-refractivity contribution in [2.45, 2.75) is 11.3 Å². The second kappa shape index (κ2) is 7.24. The van der Waals surface area contributed by atoms with E-state index in [4.69, 9.17) is 23.2 Å². The predicted octanol–water partition coefficient (Wildman–Crippen LogP) is 2.44. The van der Waals surface area contributed by atoms with Crippen LogP contribution in [-0.4, -0.2) is 28.1 Å². The largest absolute Gasteiger partial charge is 0.316 e. The number of hydrogen-bond donors (Lipinski definition) is 2. The average molecular weight is 364 g/mol. The van der Waals surface area contributed by atoms with Crippen LogP contribution in [-0.2, 0) is 10.0 Å². The Morgan fingerprint density at radius 1 is 1.35 bits per heavy atom. The van der Waals surface area contributed by atoms with Gasteiger partial charge in [0.1, 0.15) is 10.7 Å². The van der Waals surface area contributed by atoms with Crippen LogP contribution in [0, 0.1) is 11.7 Å². The van der Waals surface area contributed by atoms with E-state index in [1.165, 1.54) is 0 Å². The quantitative estimate of drug-likeness (QED) is 0.864. The third-order valence-corrected chi connectivity index (χ3v) is 5.30. The topological polar surface area (TPSA) is 58.2 Å². The van der Waals surface area contributed by atoms with Crippen LogP contribution in [0.3, 0.4) is 0 Å². The molecule has 1 aromatic carbocycles. The highest BCUT2D eigenvalue weighted by Crippen LogP contribution is 2.30. The summed E-state index contributed by atoms with van der Waals surface area (Å²) in [4.78, 5) is -0.275. The van der Waals surface area contributed by atoms with E-state index < -0.39 is 15.8 Å². The van der Waals surface area contributed by atoms with Crippen LogP contribution in [0.5, 0.6) is 0 Å². The Morgan fingerprint density at radius 2 is 1.95 bits per heavy atom. The molecule has 1 aromatic rings. The van der Waals surface area contributed by atoms with Crippen molar-refractivity contribution < 1.29 is 12.8 Å². The van der Waals surface area contributed by atoms with Crippen molar-refractivity contribution in [3.8, 4) is 0 Å². The number of nitrogens with one attached hydrogen (secondary N) is 2. The first-order valence-electron chi connectivity index (χ1n) is 5.75. The maximum Gasteiger partial charge on any atom is 0.243 e. The van der Waals surface area contributed by atoms with Crippen LogP contribution in [0.25, 0.3) is 0 Å². The molecule has 0 spiro atoms. The van der Waals surface area contributed by atoms with E-state index in [0.29, 0.717) is 6.54 Å². The molecule has 0 radical (unpaired) electrons. The van der Waals surface area contributed by atoms with Gasteiger partial charge in [-0.25, -0.2) is 17.5 Å². The molecule has 1 aliphatic rings. The molecule has 1 saturated heterocycles. The standard InChI is InChI=1S/C11H13Cl2FN2O2S.ClH/c12-9-3-8(14)4-10(13)11(9)19(17,18)16-6-7-1-2-15-5-7;/h3-4,7,15-16H,1-2,5-6H2;1H. The highest BCUT2D eigenvalue weighted by atomic mass is 35.5. The number of sulfonamides is 1. The number of rotatable bonds is 4. The predicted molar refractivity (Wildman–Crippen MR) is 79.8 cm³/mol. The highest BCUT2D eigenvalue weighted by molar-refractivity contribution is 7.89. The van der Waals surface area contributed by atoms with E-state index in [0.717, 1.165) is 31.6 Å². The van der Waals surface area contributed by atoms with Crippen molar-refractivity contribution in [1.82, 2.24) is 10.0 Å². The molecule has 1 fully saturated rings. The van der Waals surface area contributed by atoms with E-state index >= 15 is 0 Å². The minimum atomic E-state index is -3.83. The maximum atomic E-state index is 13.0. The first kappa shape index (κ1) is 17.9. The number of halogens is 4. The molecule has 1 heterocycles. The van der Waals surface area contributed by atoms with E-state index in [1.807, 2.05) is 0 Å². The molecule has 114 valence electrons. The summed E-state index contributed by atoms with van der Waals surface area (Å²) in [6.45, 7) is 1.96. The zero-order valence-electron chi connectivity index (χ0n) is 10.3. The normalized spacial score (nSPS) is 18.9. The van der Waals surface area contributed by atoms with Gasteiger partial charge in [0.2, 0.25) is 10.0 Å².